The Balaban J connectivity index is 1.38. The molecule has 6 nitrogen and oxygen atoms in total. The van der Waals surface area contributed by atoms with Gasteiger partial charge in [-0.3, -0.25) is 4.79 Å². The predicted octanol–water partition coefficient (Wildman–Crippen LogP) is 3.90. The molecule has 8 heteroatoms. The number of imidazole rings is 1. The Morgan fingerprint density at radius 1 is 1.38 bits per heavy atom. The van der Waals surface area contributed by atoms with Gasteiger partial charge >= 0.3 is 0 Å². The van der Waals surface area contributed by atoms with Crippen molar-refractivity contribution < 1.29 is 18.7 Å². The normalized spacial score (nSPS) is 18.3. The summed E-state index contributed by atoms with van der Waals surface area (Å²) in [6, 6.07) is 4.55. The number of rotatable bonds is 10. The maximum atomic E-state index is 13.6. The summed E-state index contributed by atoms with van der Waals surface area (Å²) in [6.07, 6.45) is 5.99. The van der Waals surface area contributed by atoms with E-state index in [0.29, 0.717) is 30.8 Å². The van der Waals surface area contributed by atoms with Crippen LogP contribution in [-0.4, -0.2) is 47.4 Å². The zero-order chi connectivity index (χ0) is 20.8. The molecule has 1 fully saturated rings. The van der Waals surface area contributed by atoms with Crippen LogP contribution in [0.4, 0.5) is 4.39 Å². The zero-order valence-electron chi connectivity index (χ0n) is 16.4. The lowest BCUT2D eigenvalue weighted by Crippen LogP contribution is -2.40. The van der Waals surface area contributed by atoms with Gasteiger partial charge in [-0.2, -0.15) is 0 Å². The Labute approximate surface area is 174 Å². The molecule has 156 valence electrons. The van der Waals surface area contributed by atoms with Crippen LogP contribution in [0.15, 0.2) is 37.3 Å². The SMILES string of the molecule is C=C(CCNC(=O)COC1CC(OCC)C1)n1cnc(-c2ccc(Cl)c(F)c2)c1. The Morgan fingerprint density at radius 2 is 2.14 bits per heavy atom. The monoisotopic (exact) mass is 421 g/mol. The number of aromatic nitrogens is 2. The van der Waals surface area contributed by atoms with Crippen molar-refractivity contribution >= 4 is 23.2 Å². The Bertz CT molecular complexity index is 865. The van der Waals surface area contributed by atoms with Gasteiger partial charge in [0.15, 0.2) is 0 Å². The Kier molecular flexibility index (Phi) is 7.41. The molecule has 1 heterocycles. The van der Waals surface area contributed by atoms with Crippen molar-refractivity contribution in [3.8, 4) is 11.3 Å². The first kappa shape index (κ1) is 21.5. The summed E-state index contributed by atoms with van der Waals surface area (Å²) < 4.78 is 26.4. The number of ether oxygens (including phenoxy) is 2. The summed E-state index contributed by atoms with van der Waals surface area (Å²) in [7, 11) is 0. The van der Waals surface area contributed by atoms with E-state index >= 15 is 0 Å². The van der Waals surface area contributed by atoms with Crippen LogP contribution in [-0.2, 0) is 14.3 Å². The highest BCUT2D eigenvalue weighted by Crippen LogP contribution is 2.26. The molecule has 1 saturated carbocycles. The van der Waals surface area contributed by atoms with Crippen LogP contribution in [0, 0.1) is 5.82 Å². The van der Waals surface area contributed by atoms with Crippen molar-refractivity contribution in [1.29, 1.82) is 0 Å². The van der Waals surface area contributed by atoms with Gasteiger partial charge in [-0.1, -0.05) is 24.2 Å². The highest BCUT2D eigenvalue weighted by molar-refractivity contribution is 6.30. The summed E-state index contributed by atoms with van der Waals surface area (Å²) in [5.41, 5.74) is 2.01. The first-order valence-corrected chi connectivity index (χ1v) is 10.0. The molecule has 1 amide bonds. The Morgan fingerprint density at radius 3 is 2.86 bits per heavy atom. The van der Waals surface area contributed by atoms with Gasteiger partial charge in [0, 0.05) is 37.0 Å². The van der Waals surface area contributed by atoms with Crippen molar-refractivity contribution in [2.75, 3.05) is 19.8 Å². The fourth-order valence-corrected chi connectivity index (χ4v) is 3.16. The lowest BCUT2D eigenvalue weighted by molar-refractivity contribution is -0.137. The second kappa shape index (κ2) is 10.0. The minimum atomic E-state index is -0.488. The van der Waals surface area contributed by atoms with Gasteiger partial charge in [0.2, 0.25) is 5.91 Å². The van der Waals surface area contributed by atoms with Crippen LogP contribution in [0.2, 0.25) is 5.02 Å². The van der Waals surface area contributed by atoms with Crippen molar-refractivity contribution in [3.63, 3.8) is 0 Å². The zero-order valence-corrected chi connectivity index (χ0v) is 17.1. The second-order valence-electron chi connectivity index (χ2n) is 6.94. The number of carbonyl (C=O) groups is 1. The molecular formula is C21H25ClFN3O3. The smallest absolute Gasteiger partial charge is 0.246 e. The molecule has 2 aromatic rings. The largest absolute Gasteiger partial charge is 0.378 e. The van der Waals surface area contributed by atoms with Crippen LogP contribution >= 0.6 is 11.6 Å². The first-order chi connectivity index (χ1) is 14.0. The third-order valence-electron chi connectivity index (χ3n) is 4.80. The molecule has 0 aliphatic heterocycles. The molecule has 29 heavy (non-hydrogen) atoms. The maximum Gasteiger partial charge on any atom is 0.246 e. The van der Waals surface area contributed by atoms with Gasteiger partial charge in [0.1, 0.15) is 12.4 Å². The number of benzene rings is 1. The van der Waals surface area contributed by atoms with Gasteiger partial charge in [-0.15, -0.1) is 0 Å². The fraction of sp³-hybridized carbons (Fsp3) is 0.429. The molecule has 1 aliphatic rings. The third kappa shape index (κ3) is 5.88. The average Bonchev–Trinajstić information content (AvgIpc) is 3.16. The summed E-state index contributed by atoms with van der Waals surface area (Å²) in [5.74, 6) is -0.640. The van der Waals surface area contributed by atoms with E-state index in [4.69, 9.17) is 21.1 Å². The molecule has 1 aromatic heterocycles. The molecule has 0 saturated heterocycles. The van der Waals surface area contributed by atoms with Gasteiger partial charge in [0.25, 0.3) is 0 Å². The molecule has 1 aromatic carbocycles. The molecule has 1 N–H and O–H groups in total. The number of carbonyl (C=O) groups excluding carboxylic acids is 1. The van der Waals surface area contributed by atoms with Crippen molar-refractivity contribution in [3.05, 3.63) is 48.1 Å². The number of nitrogens with one attached hydrogen (secondary N) is 1. The van der Waals surface area contributed by atoms with E-state index < -0.39 is 5.82 Å². The van der Waals surface area contributed by atoms with Gasteiger partial charge < -0.3 is 19.4 Å². The van der Waals surface area contributed by atoms with E-state index in [9.17, 15) is 9.18 Å². The topological polar surface area (TPSA) is 65.4 Å². The van der Waals surface area contributed by atoms with Gasteiger partial charge in [-0.05, 0) is 31.9 Å². The number of hydrogen-bond donors (Lipinski definition) is 1. The predicted molar refractivity (Wildman–Crippen MR) is 110 cm³/mol. The van der Waals surface area contributed by atoms with Crippen LogP contribution in [0.3, 0.4) is 0 Å². The molecule has 0 radical (unpaired) electrons. The van der Waals surface area contributed by atoms with E-state index in [2.05, 4.69) is 16.9 Å². The molecule has 3 rings (SSSR count). The number of halogens is 2. The molecule has 0 atom stereocenters. The lowest BCUT2D eigenvalue weighted by Gasteiger charge is -2.34. The van der Waals surface area contributed by atoms with E-state index in [1.807, 2.05) is 6.92 Å². The lowest BCUT2D eigenvalue weighted by atomic mass is 9.92. The summed E-state index contributed by atoms with van der Waals surface area (Å²) >= 11 is 5.71. The molecule has 1 aliphatic carbocycles. The highest BCUT2D eigenvalue weighted by atomic mass is 35.5. The van der Waals surface area contributed by atoms with Crippen LogP contribution in [0.5, 0.6) is 0 Å². The van der Waals surface area contributed by atoms with Crippen molar-refractivity contribution in [2.45, 2.75) is 38.4 Å². The molecule has 0 spiro atoms. The molecule has 0 unspecified atom stereocenters. The molecule has 0 bridgehead atoms. The van der Waals surface area contributed by atoms with Gasteiger partial charge in [-0.25, -0.2) is 9.37 Å². The summed E-state index contributed by atoms with van der Waals surface area (Å²) in [5, 5.41) is 2.89. The third-order valence-corrected chi connectivity index (χ3v) is 5.11. The Hall–Kier alpha value is -2.22. The van der Waals surface area contributed by atoms with Crippen LogP contribution in [0.1, 0.15) is 26.2 Å². The minimum absolute atomic E-state index is 0.0490. The van der Waals surface area contributed by atoms with Gasteiger partial charge in [0.05, 0.1) is 29.3 Å². The van der Waals surface area contributed by atoms with E-state index in [1.54, 1.807) is 23.2 Å². The maximum absolute atomic E-state index is 13.6. The standard InChI is InChI=1S/C21H25ClFN3O3/c1-3-28-16-9-17(10-16)29-12-21(27)24-7-6-14(2)26-11-20(25-13-26)15-4-5-18(22)19(23)8-15/h4-5,8,11,13,16-17H,2-3,6-7,9-10,12H2,1H3,(H,24,27). The fourth-order valence-electron chi connectivity index (χ4n) is 3.05. The number of nitrogens with zero attached hydrogens (tertiary/aromatic N) is 2. The quantitative estimate of drug-likeness (QED) is 0.631. The van der Waals surface area contributed by atoms with E-state index in [1.165, 1.54) is 12.1 Å². The van der Waals surface area contributed by atoms with Crippen molar-refractivity contribution in [2.24, 2.45) is 0 Å². The second-order valence-corrected chi connectivity index (χ2v) is 7.35. The minimum Gasteiger partial charge on any atom is -0.378 e. The van der Waals surface area contributed by atoms with E-state index in [0.717, 1.165) is 18.5 Å². The average molecular weight is 422 g/mol. The summed E-state index contributed by atoms with van der Waals surface area (Å²) in [6.45, 7) is 7.18. The number of amides is 1. The van der Waals surface area contributed by atoms with Crippen LogP contribution < -0.4 is 5.32 Å². The highest BCUT2D eigenvalue weighted by Gasteiger charge is 2.30. The van der Waals surface area contributed by atoms with Crippen molar-refractivity contribution in [1.82, 2.24) is 14.9 Å². The van der Waals surface area contributed by atoms with Crippen LogP contribution in [0.25, 0.3) is 17.0 Å². The first-order valence-electron chi connectivity index (χ1n) is 9.63. The number of hydrogen-bond acceptors (Lipinski definition) is 4. The molecular weight excluding hydrogens is 397 g/mol. The summed E-state index contributed by atoms with van der Waals surface area (Å²) in [4.78, 5) is 16.2. The van der Waals surface area contributed by atoms with E-state index in [-0.39, 0.29) is 29.7 Å².